The van der Waals surface area contributed by atoms with Crippen LogP contribution in [0.15, 0.2) is 36.5 Å². The first kappa shape index (κ1) is 14.2. The summed E-state index contributed by atoms with van der Waals surface area (Å²) in [6.45, 7) is 5.98. The van der Waals surface area contributed by atoms with E-state index >= 15 is 0 Å². The van der Waals surface area contributed by atoms with Crippen LogP contribution in [0, 0.1) is 0 Å². The fraction of sp³-hybridized carbons (Fsp3) is 0.312. The summed E-state index contributed by atoms with van der Waals surface area (Å²) in [5.41, 5.74) is 1.50. The van der Waals surface area contributed by atoms with Crippen LogP contribution in [-0.2, 0) is 11.8 Å². The van der Waals surface area contributed by atoms with Crippen LogP contribution in [0.5, 0.6) is 0 Å². The minimum atomic E-state index is -0.981. The summed E-state index contributed by atoms with van der Waals surface area (Å²) in [7, 11) is 0. The molecule has 0 aliphatic heterocycles. The van der Waals surface area contributed by atoms with Crippen molar-refractivity contribution in [3.05, 3.63) is 59.2 Å². The summed E-state index contributed by atoms with van der Waals surface area (Å²) < 4.78 is 0. The Balaban J connectivity index is 2.50. The average Bonchev–Trinajstić information content (AvgIpc) is 2.47. The van der Waals surface area contributed by atoms with E-state index in [0.29, 0.717) is 17.9 Å². The zero-order valence-electron chi connectivity index (χ0n) is 11.9. The van der Waals surface area contributed by atoms with Crippen molar-refractivity contribution in [2.24, 2.45) is 0 Å². The molecular weight excluding hydrogens is 252 g/mol. The first-order valence-corrected chi connectivity index (χ1v) is 6.62. The summed E-state index contributed by atoms with van der Waals surface area (Å²) in [5.74, 6) is -0.337. The highest BCUT2D eigenvalue weighted by molar-refractivity contribution is 5.88. The maximum Gasteiger partial charge on any atom is 0.339 e. The summed E-state index contributed by atoms with van der Waals surface area (Å²) >= 11 is 0. The van der Waals surface area contributed by atoms with Crippen molar-refractivity contribution in [2.45, 2.75) is 32.6 Å². The number of hydrogen-bond acceptors (Lipinski definition) is 3. The van der Waals surface area contributed by atoms with Crippen molar-refractivity contribution in [3.63, 3.8) is 0 Å². The van der Waals surface area contributed by atoms with Crippen LogP contribution in [0.25, 0.3) is 0 Å². The van der Waals surface area contributed by atoms with Crippen molar-refractivity contribution in [1.82, 2.24) is 9.97 Å². The smallest absolute Gasteiger partial charge is 0.339 e. The molecule has 0 aliphatic carbocycles. The second kappa shape index (κ2) is 5.41. The number of rotatable bonds is 4. The molecule has 1 aromatic carbocycles. The van der Waals surface area contributed by atoms with Crippen LogP contribution in [-0.4, -0.2) is 21.0 Å². The van der Waals surface area contributed by atoms with E-state index in [0.717, 1.165) is 5.56 Å². The Bertz CT molecular complexity index is 622. The standard InChI is InChI=1S/C16H18N2O2/c1-4-13-12(14(19)20)10-17-15(18-13)16(2,3)11-8-6-5-7-9-11/h5-10H,4H2,1-3H3,(H,19,20). The van der Waals surface area contributed by atoms with Crippen LogP contribution in [0.3, 0.4) is 0 Å². The summed E-state index contributed by atoms with van der Waals surface area (Å²) in [6, 6.07) is 9.97. The highest BCUT2D eigenvalue weighted by Crippen LogP contribution is 2.29. The van der Waals surface area contributed by atoms with Crippen molar-refractivity contribution < 1.29 is 9.90 Å². The molecule has 4 heteroatoms. The summed E-state index contributed by atoms with van der Waals surface area (Å²) in [5, 5.41) is 9.13. The average molecular weight is 270 g/mol. The Hall–Kier alpha value is -2.23. The zero-order chi connectivity index (χ0) is 14.8. The van der Waals surface area contributed by atoms with Gasteiger partial charge in [0.15, 0.2) is 0 Å². The van der Waals surface area contributed by atoms with Gasteiger partial charge in [-0.1, -0.05) is 37.3 Å². The molecule has 2 rings (SSSR count). The normalized spacial score (nSPS) is 11.3. The predicted octanol–water partition coefficient (Wildman–Crippen LogP) is 3.06. The molecule has 0 unspecified atom stereocenters. The maximum atomic E-state index is 11.1. The molecule has 20 heavy (non-hydrogen) atoms. The Morgan fingerprint density at radius 2 is 1.90 bits per heavy atom. The molecule has 0 spiro atoms. The number of carbonyl (C=O) groups is 1. The minimum Gasteiger partial charge on any atom is -0.478 e. The van der Waals surface area contributed by atoms with E-state index in [-0.39, 0.29) is 11.0 Å². The first-order valence-electron chi connectivity index (χ1n) is 6.62. The Labute approximate surface area is 118 Å². The van der Waals surface area contributed by atoms with Crippen molar-refractivity contribution in [3.8, 4) is 0 Å². The number of carboxylic acid groups (broad SMARTS) is 1. The second-order valence-corrected chi connectivity index (χ2v) is 5.20. The molecule has 1 heterocycles. The molecular formula is C16H18N2O2. The van der Waals surface area contributed by atoms with E-state index in [1.54, 1.807) is 0 Å². The van der Waals surface area contributed by atoms with E-state index < -0.39 is 5.97 Å². The Morgan fingerprint density at radius 1 is 1.25 bits per heavy atom. The lowest BCUT2D eigenvalue weighted by Gasteiger charge is -2.24. The van der Waals surface area contributed by atoms with E-state index in [1.807, 2.05) is 51.1 Å². The molecule has 0 fully saturated rings. The molecule has 0 bridgehead atoms. The lowest BCUT2D eigenvalue weighted by atomic mass is 9.83. The fourth-order valence-electron chi connectivity index (χ4n) is 2.15. The van der Waals surface area contributed by atoms with E-state index in [9.17, 15) is 4.79 Å². The topological polar surface area (TPSA) is 63.1 Å². The molecule has 0 amide bonds. The molecule has 2 aromatic rings. The molecule has 104 valence electrons. The minimum absolute atomic E-state index is 0.181. The molecule has 0 saturated carbocycles. The zero-order valence-corrected chi connectivity index (χ0v) is 11.9. The van der Waals surface area contributed by atoms with Gasteiger partial charge in [-0.3, -0.25) is 0 Å². The number of hydrogen-bond donors (Lipinski definition) is 1. The maximum absolute atomic E-state index is 11.1. The van der Waals surface area contributed by atoms with Gasteiger partial charge in [0, 0.05) is 11.6 Å². The van der Waals surface area contributed by atoms with Crippen LogP contribution in [0.4, 0.5) is 0 Å². The number of nitrogens with zero attached hydrogens (tertiary/aromatic N) is 2. The molecule has 4 nitrogen and oxygen atoms in total. The van der Waals surface area contributed by atoms with Crippen LogP contribution < -0.4 is 0 Å². The highest BCUT2D eigenvalue weighted by Gasteiger charge is 2.27. The van der Waals surface area contributed by atoms with Gasteiger partial charge in [-0.15, -0.1) is 0 Å². The number of benzene rings is 1. The van der Waals surface area contributed by atoms with E-state index in [1.165, 1.54) is 6.20 Å². The predicted molar refractivity (Wildman–Crippen MR) is 76.9 cm³/mol. The van der Waals surface area contributed by atoms with Gasteiger partial charge in [0.1, 0.15) is 5.82 Å². The van der Waals surface area contributed by atoms with Gasteiger partial charge in [-0.2, -0.15) is 0 Å². The highest BCUT2D eigenvalue weighted by atomic mass is 16.4. The third-order valence-electron chi connectivity index (χ3n) is 3.49. The van der Waals surface area contributed by atoms with Crippen LogP contribution in [0.2, 0.25) is 0 Å². The lowest BCUT2D eigenvalue weighted by Crippen LogP contribution is -2.24. The molecule has 1 N–H and O–H groups in total. The molecule has 0 saturated heterocycles. The third-order valence-corrected chi connectivity index (χ3v) is 3.49. The van der Waals surface area contributed by atoms with Crippen molar-refractivity contribution in [2.75, 3.05) is 0 Å². The second-order valence-electron chi connectivity index (χ2n) is 5.20. The van der Waals surface area contributed by atoms with Gasteiger partial charge in [-0.25, -0.2) is 14.8 Å². The lowest BCUT2D eigenvalue weighted by molar-refractivity contribution is 0.0694. The van der Waals surface area contributed by atoms with Gasteiger partial charge in [0.2, 0.25) is 0 Å². The van der Waals surface area contributed by atoms with E-state index in [4.69, 9.17) is 5.11 Å². The number of aromatic carboxylic acids is 1. The quantitative estimate of drug-likeness (QED) is 0.927. The molecule has 0 radical (unpaired) electrons. The van der Waals surface area contributed by atoms with E-state index in [2.05, 4.69) is 9.97 Å². The van der Waals surface area contributed by atoms with Gasteiger partial charge < -0.3 is 5.11 Å². The van der Waals surface area contributed by atoms with Gasteiger partial charge in [0.25, 0.3) is 0 Å². The van der Waals surface area contributed by atoms with Crippen LogP contribution in [0.1, 0.15) is 48.2 Å². The first-order chi connectivity index (χ1) is 9.46. The summed E-state index contributed by atoms with van der Waals surface area (Å²) in [6.07, 6.45) is 1.98. The Kier molecular flexibility index (Phi) is 3.84. The number of aryl methyl sites for hydroxylation is 1. The molecule has 0 atom stereocenters. The molecule has 1 aromatic heterocycles. The monoisotopic (exact) mass is 270 g/mol. The van der Waals surface area contributed by atoms with Gasteiger partial charge >= 0.3 is 5.97 Å². The number of carboxylic acids is 1. The van der Waals surface area contributed by atoms with Crippen molar-refractivity contribution in [1.29, 1.82) is 0 Å². The number of aromatic nitrogens is 2. The van der Waals surface area contributed by atoms with Crippen LogP contribution >= 0.6 is 0 Å². The summed E-state index contributed by atoms with van der Waals surface area (Å²) in [4.78, 5) is 19.9. The van der Waals surface area contributed by atoms with Crippen molar-refractivity contribution >= 4 is 5.97 Å². The largest absolute Gasteiger partial charge is 0.478 e. The van der Waals surface area contributed by atoms with Gasteiger partial charge in [-0.05, 0) is 25.8 Å². The SMILES string of the molecule is CCc1nc(C(C)(C)c2ccccc2)ncc1C(=O)O. The Morgan fingerprint density at radius 3 is 2.45 bits per heavy atom. The van der Waals surface area contributed by atoms with Gasteiger partial charge in [0.05, 0.1) is 11.3 Å². The fourth-order valence-corrected chi connectivity index (χ4v) is 2.15. The third kappa shape index (κ3) is 2.54. The molecule has 0 aliphatic rings.